The molecule has 0 amide bonds. The Bertz CT molecular complexity index is 240. The highest BCUT2D eigenvalue weighted by atomic mass is 16.5. The Morgan fingerprint density at radius 1 is 1.22 bits per heavy atom. The van der Waals surface area contributed by atoms with Gasteiger partial charge in [0.2, 0.25) is 0 Å². The van der Waals surface area contributed by atoms with Gasteiger partial charge in [0.1, 0.15) is 0 Å². The van der Waals surface area contributed by atoms with Crippen LogP contribution in [0.3, 0.4) is 0 Å². The minimum atomic E-state index is -0.145. The van der Waals surface area contributed by atoms with Gasteiger partial charge in [-0.25, -0.2) is 0 Å². The van der Waals surface area contributed by atoms with Gasteiger partial charge in [0.05, 0.1) is 18.8 Å². The molecule has 2 rings (SSSR count). The second kappa shape index (κ2) is 6.85. The van der Waals surface area contributed by atoms with Gasteiger partial charge in [-0.15, -0.1) is 0 Å². The average Bonchev–Trinajstić information content (AvgIpc) is 2.39. The SMILES string of the molecule is CCN1CCOC(CN2CCC(C(C)O)CC2)C1. The standard InChI is InChI=1S/C14H28N2O2/c1-3-15-8-9-18-14(10-15)11-16-6-4-13(5-7-16)12(2)17/h12-14,17H,3-11H2,1-2H3. The van der Waals surface area contributed by atoms with Crippen molar-refractivity contribution in [2.45, 2.75) is 38.9 Å². The summed E-state index contributed by atoms with van der Waals surface area (Å²) < 4.78 is 5.85. The highest BCUT2D eigenvalue weighted by Gasteiger charge is 2.26. The molecule has 2 aliphatic heterocycles. The van der Waals surface area contributed by atoms with Crippen LogP contribution < -0.4 is 0 Å². The third-order valence-corrected chi connectivity index (χ3v) is 4.45. The summed E-state index contributed by atoms with van der Waals surface area (Å²) in [4.78, 5) is 4.97. The van der Waals surface area contributed by atoms with Gasteiger partial charge in [0, 0.05) is 19.6 Å². The maximum atomic E-state index is 9.60. The van der Waals surface area contributed by atoms with Crippen molar-refractivity contribution in [1.82, 2.24) is 9.80 Å². The van der Waals surface area contributed by atoms with E-state index in [4.69, 9.17) is 4.74 Å². The van der Waals surface area contributed by atoms with E-state index in [1.807, 2.05) is 6.92 Å². The predicted octanol–water partition coefficient (Wildman–Crippen LogP) is 0.800. The molecule has 2 saturated heterocycles. The highest BCUT2D eigenvalue weighted by Crippen LogP contribution is 2.21. The monoisotopic (exact) mass is 256 g/mol. The molecule has 0 bridgehead atoms. The molecule has 2 aliphatic rings. The third-order valence-electron chi connectivity index (χ3n) is 4.45. The molecule has 18 heavy (non-hydrogen) atoms. The molecule has 0 saturated carbocycles. The van der Waals surface area contributed by atoms with Crippen molar-refractivity contribution in [3.05, 3.63) is 0 Å². The van der Waals surface area contributed by atoms with Crippen LogP contribution in [0.1, 0.15) is 26.7 Å². The van der Waals surface area contributed by atoms with Crippen LogP contribution in [0, 0.1) is 5.92 Å². The summed E-state index contributed by atoms with van der Waals surface area (Å²) in [5.74, 6) is 0.501. The molecule has 106 valence electrons. The van der Waals surface area contributed by atoms with Gasteiger partial charge in [0.15, 0.2) is 0 Å². The molecular formula is C14H28N2O2. The number of aliphatic hydroxyl groups excluding tert-OH is 1. The Morgan fingerprint density at radius 3 is 2.56 bits per heavy atom. The van der Waals surface area contributed by atoms with Crippen molar-refractivity contribution < 1.29 is 9.84 Å². The van der Waals surface area contributed by atoms with E-state index in [0.717, 1.165) is 58.7 Å². The summed E-state index contributed by atoms with van der Waals surface area (Å²) in [5, 5.41) is 9.60. The Morgan fingerprint density at radius 2 is 1.94 bits per heavy atom. The first kappa shape index (κ1) is 14.3. The topological polar surface area (TPSA) is 35.9 Å². The van der Waals surface area contributed by atoms with Gasteiger partial charge >= 0.3 is 0 Å². The summed E-state index contributed by atoms with van der Waals surface area (Å²) >= 11 is 0. The molecule has 4 heteroatoms. The Kier molecular flexibility index (Phi) is 5.42. The lowest BCUT2D eigenvalue weighted by Crippen LogP contribution is -2.49. The number of likely N-dealkylation sites (N-methyl/N-ethyl adjacent to an activating group) is 1. The molecule has 2 heterocycles. The first-order valence-corrected chi connectivity index (χ1v) is 7.43. The number of morpholine rings is 1. The van der Waals surface area contributed by atoms with Crippen molar-refractivity contribution in [1.29, 1.82) is 0 Å². The lowest BCUT2D eigenvalue weighted by Gasteiger charge is -2.38. The van der Waals surface area contributed by atoms with Crippen LogP contribution in [-0.2, 0) is 4.74 Å². The zero-order valence-corrected chi connectivity index (χ0v) is 11.8. The lowest BCUT2D eigenvalue weighted by molar-refractivity contribution is -0.0477. The lowest BCUT2D eigenvalue weighted by atomic mass is 9.92. The maximum Gasteiger partial charge on any atom is 0.0829 e. The van der Waals surface area contributed by atoms with E-state index < -0.39 is 0 Å². The Labute approximate surface area is 111 Å². The van der Waals surface area contributed by atoms with E-state index in [-0.39, 0.29) is 6.10 Å². The molecule has 0 spiro atoms. The number of likely N-dealkylation sites (tertiary alicyclic amines) is 1. The zero-order valence-electron chi connectivity index (χ0n) is 11.8. The van der Waals surface area contributed by atoms with E-state index in [1.165, 1.54) is 0 Å². The molecule has 0 aliphatic carbocycles. The van der Waals surface area contributed by atoms with Gasteiger partial charge < -0.3 is 14.7 Å². The number of ether oxygens (including phenoxy) is 1. The number of hydrogen-bond donors (Lipinski definition) is 1. The number of rotatable bonds is 4. The molecule has 2 fully saturated rings. The van der Waals surface area contributed by atoms with Crippen LogP contribution in [0.2, 0.25) is 0 Å². The number of piperidine rings is 1. The molecule has 2 unspecified atom stereocenters. The van der Waals surface area contributed by atoms with Gasteiger partial charge in [-0.2, -0.15) is 0 Å². The summed E-state index contributed by atoms with van der Waals surface area (Å²) in [7, 11) is 0. The first-order chi connectivity index (χ1) is 8.69. The van der Waals surface area contributed by atoms with E-state index >= 15 is 0 Å². The van der Waals surface area contributed by atoms with Crippen molar-refractivity contribution >= 4 is 0 Å². The van der Waals surface area contributed by atoms with Crippen LogP contribution in [0.25, 0.3) is 0 Å². The minimum Gasteiger partial charge on any atom is -0.393 e. The fraction of sp³-hybridized carbons (Fsp3) is 1.00. The van der Waals surface area contributed by atoms with Crippen LogP contribution in [0.4, 0.5) is 0 Å². The van der Waals surface area contributed by atoms with Crippen molar-refractivity contribution in [3.8, 4) is 0 Å². The molecular weight excluding hydrogens is 228 g/mol. The average molecular weight is 256 g/mol. The smallest absolute Gasteiger partial charge is 0.0829 e. The zero-order chi connectivity index (χ0) is 13.0. The van der Waals surface area contributed by atoms with Crippen LogP contribution in [-0.4, -0.2) is 73.0 Å². The van der Waals surface area contributed by atoms with Crippen LogP contribution in [0.15, 0.2) is 0 Å². The largest absolute Gasteiger partial charge is 0.393 e. The highest BCUT2D eigenvalue weighted by molar-refractivity contribution is 4.79. The molecule has 4 nitrogen and oxygen atoms in total. The fourth-order valence-corrected chi connectivity index (χ4v) is 3.08. The Balaban J connectivity index is 1.71. The number of aliphatic hydroxyl groups is 1. The summed E-state index contributed by atoms with van der Waals surface area (Å²) in [6, 6.07) is 0. The molecule has 0 radical (unpaired) electrons. The van der Waals surface area contributed by atoms with Gasteiger partial charge in [-0.3, -0.25) is 4.90 Å². The summed E-state index contributed by atoms with van der Waals surface area (Å²) in [6.07, 6.45) is 2.49. The summed E-state index contributed by atoms with van der Waals surface area (Å²) in [6.45, 7) is 11.6. The Hall–Kier alpha value is -0.160. The first-order valence-electron chi connectivity index (χ1n) is 7.43. The molecule has 2 atom stereocenters. The van der Waals surface area contributed by atoms with Crippen molar-refractivity contribution in [2.24, 2.45) is 5.92 Å². The molecule has 0 aromatic rings. The van der Waals surface area contributed by atoms with E-state index in [1.54, 1.807) is 0 Å². The predicted molar refractivity (Wildman–Crippen MR) is 72.7 cm³/mol. The van der Waals surface area contributed by atoms with Crippen molar-refractivity contribution in [2.75, 3.05) is 45.9 Å². The summed E-state index contributed by atoms with van der Waals surface area (Å²) in [5.41, 5.74) is 0. The number of nitrogens with zero attached hydrogens (tertiary/aromatic N) is 2. The van der Waals surface area contributed by atoms with Gasteiger partial charge in [-0.05, 0) is 45.3 Å². The van der Waals surface area contributed by atoms with E-state index in [2.05, 4.69) is 16.7 Å². The van der Waals surface area contributed by atoms with Gasteiger partial charge in [-0.1, -0.05) is 6.92 Å². The molecule has 1 N–H and O–H groups in total. The van der Waals surface area contributed by atoms with E-state index in [9.17, 15) is 5.11 Å². The third kappa shape index (κ3) is 3.92. The number of hydrogen-bond acceptors (Lipinski definition) is 4. The van der Waals surface area contributed by atoms with E-state index in [0.29, 0.717) is 12.0 Å². The molecule has 0 aromatic carbocycles. The second-order valence-electron chi connectivity index (χ2n) is 5.76. The molecule has 0 aromatic heterocycles. The quantitative estimate of drug-likeness (QED) is 0.807. The van der Waals surface area contributed by atoms with Crippen LogP contribution in [0.5, 0.6) is 0 Å². The second-order valence-corrected chi connectivity index (χ2v) is 5.76. The maximum absolute atomic E-state index is 9.60. The fourth-order valence-electron chi connectivity index (χ4n) is 3.08. The minimum absolute atomic E-state index is 0.145. The van der Waals surface area contributed by atoms with Crippen LogP contribution >= 0.6 is 0 Å². The van der Waals surface area contributed by atoms with Crippen molar-refractivity contribution in [3.63, 3.8) is 0 Å². The van der Waals surface area contributed by atoms with Gasteiger partial charge in [0.25, 0.3) is 0 Å². The normalized spacial score (nSPS) is 30.5.